The Bertz CT molecular complexity index is 710. The smallest absolute Gasteiger partial charge is 0.315 e. The van der Waals surface area contributed by atoms with Crippen molar-refractivity contribution in [3.63, 3.8) is 0 Å². The SMILES string of the molecule is Cc1cc(C(C)NC(=O)NCC(O)c2c(F)cccc2F)c(C)o1. The number of amides is 2. The summed E-state index contributed by atoms with van der Waals surface area (Å²) in [5.41, 5.74) is 0.371. The summed E-state index contributed by atoms with van der Waals surface area (Å²) in [6.45, 7) is 5.06. The van der Waals surface area contributed by atoms with Gasteiger partial charge in [-0.25, -0.2) is 13.6 Å². The number of furan rings is 1. The van der Waals surface area contributed by atoms with Gasteiger partial charge in [-0.1, -0.05) is 6.07 Å². The predicted octanol–water partition coefficient (Wildman–Crippen LogP) is 3.27. The van der Waals surface area contributed by atoms with Gasteiger partial charge in [-0.05, 0) is 39.0 Å². The van der Waals surface area contributed by atoms with Gasteiger partial charge in [0.1, 0.15) is 29.3 Å². The van der Waals surface area contributed by atoms with Gasteiger partial charge in [0.05, 0.1) is 11.6 Å². The second-order valence-corrected chi connectivity index (χ2v) is 5.60. The molecule has 3 N–H and O–H groups in total. The van der Waals surface area contributed by atoms with Gasteiger partial charge < -0.3 is 20.2 Å². The summed E-state index contributed by atoms with van der Waals surface area (Å²) < 4.78 is 32.5. The van der Waals surface area contributed by atoms with E-state index in [-0.39, 0.29) is 12.6 Å². The fraction of sp³-hybridized carbons (Fsp3) is 0.353. The highest BCUT2D eigenvalue weighted by Gasteiger charge is 2.19. The molecular formula is C17H20F2N2O3. The molecule has 2 atom stereocenters. The fourth-order valence-electron chi connectivity index (χ4n) is 2.53. The van der Waals surface area contributed by atoms with Gasteiger partial charge in [0.15, 0.2) is 0 Å². The first-order valence-corrected chi connectivity index (χ1v) is 7.53. The number of urea groups is 1. The number of aliphatic hydroxyl groups excluding tert-OH is 1. The number of aryl methyl sites for hydroxylation is 2. The van der Waals surface area contributed by atoms with Crippen LogP contribution in [0.15, 0.2) is 28.7 Å². The molecule has 0 aliphatic carbocycles. The molecule has 1 aromatic carbocycles. The molecular weight excluding hydrogens is 318 g/mol. The largest absolute Gasteiger partial charge is 0.466 e. The van der Waals surface area contributed by atoms with Crippen LogP contribution in [0.2, 0.25) is 0 Å². The monoisotopic (exact) mass is 338 g/mol. The van der Waals surface area contributed by atoms with Crippen molar-refractivity contribution in [1.29, 1.82) is 0 Å². The summed E-state index contributed by atoms with van der Waals surface area (Å²) in [7, 11) is 0. The van der Waals surface area contributed by atoms with Crippen LogP contribution in [-0.2, 0) is 0 Å². The molecule has 24 heavy (non-hydrogen) atoms. The van der Waals surface area contributed by atoms with Crippen LogP contribution in [-0.4, -0.2) is 17.7 Å². The van der Waals surface area contributed by atoms with E-state index in [1.165, 1.54) is 6.07 Å². The fourth-order valence-corrected chi connectivity index (χ4v) is 2.53. The Hall–Kier alpha value is -2.41. The summed E-state index contributed by atoms with van der Waals surface area (Å²) in [5, 5.41) is 15.0. The van der Waals surface area contributed by atoms with Crippen molar-refractivity contribution >= 4 is 6.03 Å². The maximum Gasteiger partial charge on any atom is 0.315 e. The van der Waals surface area contributed by atoms with Crippen molar-refractivity contribution < 1.29 is 23.1 Å². The molecule has 130 valence electrons. The van der Waals surface area contributed by atoms with Crippen molar-refractivity contribution in [2.45, 2.75) is 32.9 Å². The number of halogens is 2. The molecule has 5 nitrogen and oxygen atoms in total. The number of aliphatic hydroxyl groups is 1. The molecule has 0 fully saturated rings. The number of hydrogen-bond donors (Lipinski definition) is 3. The van der Waals surface area contributed by atoms with Crippen molar-refractivity contribution in [1.82, 2.24) is 10.6 Å². The quantitative estimate of drug-likeness (QED) is 0.783. The van der Waals surface area contributed by atoms with E-state index in [9.17, 15) is 18.7 Å². The number of benzene rings is 1. The lowest BCUT2D eigenvalue weighted by atomic mass is 10.1. The molecule has 0 radical (unpaired) electrons. The van der Waals surface area contributed by atoms with E-state index < -0.39 is 29.3 Å². The van der Waals surface area contributed by atoms with Gasteiger partial charge in [0, 0.05) is 12.1 Å². The summed E-state index contributed by atoms with van der Waals surface area (Å²) in [6, 6.07) is 4.25. The lowest BCUT2D eigenvalue weighted by Crippen LogP contribution is -2.39. The standard InChI is InChI=1S/C17H20F2N2O3/c1-9-7-12(11(3)24-9)10(2)21-17(23)20-8-15(22)16-13(18)5-4-6-14(16)19/h4-7,10,15,22H,8H2,1-3H3,(H2,20,21,23). The van der Waals surface area contributed by atoms with Gasteiger partial charge in [-0.2, -0.15) is 0 Å². The van der Waals surface area contributed by atoms with Crippen LogP contribution in [0.1, 0.15) is 41.7 Å². The van der Waals surface area contributed by atoms with Crippen LogP contribution in [0, 0.1) is 25.5 Å². The van der Waals surface area contributed by atoms with Crippen molar-refractivity contribution in [3.05, 3.63) is 58.5 Å². The summed E-state index contributed by atoms with van der Waals surface area (Å²) in [5.74, 6) is -0.277. The van der Waals surface area contributed by atoms with E-state index in [2.05, 4.69) is 10.6 Å². The van der Waals surface area contributed by atoms with E-state index in [0.717, 1.165) is 23.5 Å². The van der Waals surface area contributed by atoms with E-state index >= 15 is 0 Å². The number of hydrogen-bond acceptors (Lipinski definition) is 3. The third-order valence-electron chi connectivity index (χ3n) is 3.68. The van der Waals surface area contributed by atoms with E-state index in [1.807, 2.05) is 13.0 Å². The Morgan fingerprint density at radius 3 is 2.46 bits per heavy atom. The molecule has 2 aromatic rings. The average Bonchev–Trinajstić information content (AvgIpc) is 2.83. The van der Waals surface area contributed by atoms with E-state index in [1.54, 1.807) is 13.8 Å². The lowest BCUT2D eigenvalue weighted by molar-refractivity contribution is 0.164. The van der Waals surface area contributed by atoms with Crippen LogP contribution >= 0.6 is 0 Å². The Balaban J connectivity index is 1.92. The molecule has 0 aliphatic heterocycles. The van der Waals surface area contributed by atoms with Gasteiger partial charge in [0.2, 0.25) is 0 Å². The molecule has 0 saturated carbocycles. The minimum Gasteiger partial charge on any atom is -0.466 e. The minimum absolute atomic E-state index is 0.315. The first-order chi connectivity index (χ1) is 11.3. The second kappa shape index (κ2) is 7.44. The van der Waals surface area contributed by atoms with Gasteiger partial charge in [0.25, 0.3) is 0 Å². The third-order valence-corrected chi connectivity index (χ3v) is 3.68. The highest BCUT2D eigenvalue weighted by Crippen LogP contribution is 2.22. The van der Waals surface area contributed by atoms with Crippen molar-refractivity contribution in [2.24, 2.45) is 0 Å². The van der Waals surface area contributed by atoms with Crippen LogP contribution in [0.4, 0.5) is 13.6 Å². The molecule has 2 rings (SSSR count). The molecule has 2 unspecified atom stereocenters. The summed E-state index contributed by atoms with van der Waals surface area (Å²) in [6.07, 6.45) is -1.48. The molecule has 2 amide bonds. The van der Waals surface area contributed by atoms with E-state index in [0.29, 0.717) is 5.76 Å². The maximum atomic E-state index is 13.6. The highest BCUT2D eigenvalue weighted by atomic mass is 19.1. The zero-order valence-corrected chi connectivity index (χ0v) is 13.7. The maximum absolute atomic E-state index is 13.6. The van der Waals surface area contributed by atoms with Crippen LogP contribution in [0.5, 0.6) is 0 Å². The number of nitrogens with one attached hydrogen (secondary N) is 2. The summed E-state index contributed by atoms with van der Waals surface area (Å²) in [4.78, 5) is 11.9. The Morgan fingerprint density at radius 2 is 1.92 bits per heavy atom. The Morgan fingerprint density at radius 1 is 1.29 bits per heavy atom. The Labute approximate surface area is 138 Å². The van der Waals surface area contributed by atoms with Crippen LogP contribution in [0.25, 0.3) is 0 Å². The van der Waals surface area contributed by atoms with Gasteiger partial charge in [-0.3, -0.25) is 0 Å². The molecule has 0 spiro atoms. The predicted molar refractivity (Wildman–Crippen MR) is 84.4 cm³/mol. The van der Waals surface area contributed by atoms with Gasteiger partial charge >= 0.3 is 6.03 Å². The first-order valence-electron chi connectivity index (χ1n) is 7.53. The number of rotatable bonds is 5. The van der Waals surface area contributed by atoms with E-state index in [4.69, 9.17) is 4.42 Å². The zero-order valence-electron chi connectivity index (χ0n) is 13.7. The Kier molecular flexibility index (Phi) is 5.56. The topological polar surface area (TPSA) is 74.5 Å². The molecule has 0 bridgehead atoms. The minimum atomic E-state index is -1.48. The highest BCUT2D eigenvalue weighted by molar-refractivity contribution is 5.74. The molecule has 0 saturated heterocycles. The van der Waals surface area contributed by atoms with Crippen LogP contribution < -0.4 is 10.6 Å². The molecule has 1 heterocycles. The molecule has 7 heteroatoms. The van der Waals surface area contributed by atoms with Crippen molar-refractivity contribution in [3.8, 4) is 0 Å². The van der Waals surface area contributed by atoms with Gasteiger partial charge in [-0.15, -0.1) is 0 Å². The molecule has 1 aromatic heterocycles. The number of carbonyl (C=O) groups excluding carboxylic acids is 1. The third kappa shape index (κ3) is 4.11. The van der Waals surface area contributed by atoms with Crippen molar-refractivity contribution in [2.75, 3.05) is 6.54 Å². The zero-order chi connectivity index (χ0) is 17.9. The first kappa shape index (κ1) is 17.9. The lowest BCUT2D eigenvalue weighted by Gasteiger charge is -2.17. The number of carbonyl (C=O) groups is 1. The second-order valence-electron chi connectivity index (χ2n) is 5.60. The summed E-state index contributed by atoms with van der Waals surface area (Å²) >= 11 is 0. The molecule has 0 aliphatic rings. The average molecular weight is 338 g/mol. The van der Waals surface area contributed by atoms with Crippen LogP contribution in [0.3, 0.4) is 0 Å². The normalized spacial score (nSPS) is 13.4.